The highest BCUT2D eigenvalue weighted by Gasteiger charge is 2.22. The number of benzene rings is 3. The second-order valence-electron chi connectivity index (χ2n) is 7.47. The Balaban J connectivity index is 1.72. The van der Waals surface area contributed by atoms with Gasteiger partial charge in [-0.25, -0.2) is 9.18 Å². The Kier molecular flexibility index (Phi) is 5.96. The van der Waals surface area contributed by atoms with Gasteiger partial charge in [0.2, 0.25) is 0 Å². The van der Waals surface area contributed by atoms with E-state index in [1.165, 1.54) is 12.1 Å². The summed E-state index contributed by atoms with van der Waals surface area (Å²) in [5.41, 5.74) is 10.9. The first-order valence-electron chi connectivity index (χ1n) is 9.95. The van der Waals surface area contributed by atoms with Crippen LogP contribution in [0, 0.1) is 5.82 Å². The third kappa shape index (κ3) is 4.57. The van der Waals surface area contributed by atoms with E-state index in [0.717, 1.165) is 47.1 Å². The van der Waals surface area contributed by atoms with Crippen molar-refractivity contribution >= 4 is 34.4 Å². The smallest absolute Gasteiger partial charge is 0.337 e. The summed E-state index contributed by atoms with van der Waals surface area (Å²) in [6, 6.07) is 16.8. The van der Waals surface area contributed by atoms with Gasteiger partial charge in [-0.15, -0.1) is 0 Å². The van der Waals surface area contributed by atoms with Crippen molar-refractivity contribution in [3.8, 4) is 5.75 Å². The minimum Gasteiger partial charge on any atom is -0.488 e. The average Bonchev–Trinajstić information content (AvgIpc) is 3.24. The summed E-state index contributed by atoms with van der Waals surface area (Å²) in [5, 5.41) is 10.0. The molecule has 0 fully saturated rings. The standard InChI is InChI=1S/C25H21ClFNO3/c26-17-7-11-24(31-14-15-4-8-18(27)9-5-15)21(13-17)20-3-1-2-19(20)16-6-10-23(28)22(12-16)25(29)30/h4-13H,1-3,14,28H2,(H,29,30). The number of halogens is 2. The second-order valence-corrected chi connectivity index (χ2v) is 7.91. The van der Waals surface area contributed by atoms with Crippen molar-refractivity contribution in [3.05, 3.63) is 93.8 Å². The molecular formula is C25H21ClFNO3. The molecule has 0 atom stereocenters. The summed E-state index contributed by atoms with van der Waals surface area (Å²) < 4.78 is 19.2. The predicted molar refractivity (Wildman–Crippen MR) is 121 cm³/mol. The molecule has 158 valence electrons. The number of hydrogen-bond acceptors (Lipinski definition) is 3. The molecule has 0 amide bonds. The maximum Gasteiger partial charge on any atom is 0.337 e. The molecule has 0 spiro atoms. The summed E-state index contributed by atoms with van der Waals surface area (Å²) in [6.07, 6.45) is 2.60. The number of nitrogen functional groups attached to an aromatic ring is 1. The van der Waals surface area contributed by atoms with E-state index in [1.54, 1.807) is 30.3 Å². The van der Waals surface area contributed by atoms with Crippen LogP contribution in [0.3, 0.4) is 0 Å². The molecule has 0 aliphatic heterocycles. The van der Waals surface area contributed by atoms with Gasteiger partial charge in [-0.2, -0.15) is 0 Å². The van der Waals surface area contributed by atoms with Crippen LogP contribution in [0.25, 0.3) is 11.1 Å². The SMILES string of the molecule is Nc1ccc(C2=C(c3cc(Cl)ccc3OCc3ccc(F)cc3)CCC2)cc1C(=O)O. The molecule has 0 heterocycles. The van der Waals surface area contributed by atoms with Crippen molar-refractivity contribution < 1.29 is 19.0 Å². The molecule has 3 aromatic rings. The van der Waals surface area contributed by atoms with Gasteiger partial charge in [0, 0.05) is 16.3 Å². The molecule has 31 heavy (non-hydrogen) atoms. The van der Waals surface area contributed by atoms with Gasteiger partial charge in [-0.05, 0) is 84.0 Å². The first kappa shape index (κ1) is 20.9. The Morgan fingerprint density at radius 3 is 2.52 bits per heavy atom. The maximum atomic E-state index is 13.2. The van der Waals surface area contributed by atoms with E-state index < -0.39 is 5.97 Å². The van der Waals surface area contributed by atoms with Crippen molar-refractivity contribution in [2.24, 2.45) is 0 Å². The summed E-state index contributed by atoms with van der Waals surface area (Å²) >= 11 is 6.30. The third-order valence-corrected chi connectivity index (χ3v) is 5.66. The second kappa shape index (κ2) is 8.82. The van der Waals surface area contributed by atoms with E-state index in [4.69, 9.17) is 22.1 Å². The lowest BCUT2D eigenvalue weighted by Gasteiger charge is -2.16. The molecule has 0 saturated heterocycles. The molecular weight excluding hydrogens is 417 g/mol. The molecule has 3 aromatic carbocycles. The van der Waals surface area contributed by atoms with Crippen LogP contribution < -0.4 is 10.5 Å². The van der Waals surface area contributed by atoms with Crippen molar-refractivity contribution in [3.63, 3.8) is 0 Å². The number of ether oxygens (including phenoxy) is 1. The predicted octanol–water partition coefficient (Wildman–Crippen LogP) is 6.43. The van der Waals surface area contributed by atoms with Gasteiger partial charge < -0.3 is 15.6 Å². The molecule has 0 unspecified atom stereocenters. The molecule has 6 heteroatoms. The van der Waals surface area contributed by atoms with Gasteiger partial charge in [0.1, 0.15) is 18.2 Å². The molecule has 3 N–H and O–H groups in total. The fourth-order valence-electron chi connectivity index (χ4n) is 3.89. The summed E-state index contributed by atoms with van der Waals surface area (Å²) in [5.74, 6) is -0.663. The van der Waals surface area contributed by atoms with Crippen LogP contribution in [0.5, 0.6) is 5.75 Å². The van der Waals surface area contributed by atoms with Crippen LogP contribution in [0.1, 0.15) is 46.3 Å². The van der Waals surface area contributed by atoms with Crippen LogP contribution in [-0.2, 0) is 6.61 Å². The molecule has 0 saturated carbocycles. The summed E-state index contributed by atoms with van der Waals surface area (Å²) in [7, 11) is 0. The highest BCUT2D eigenvalue weighted by Crippen LogP contribution is 2.44. The van der Waals surface area contributed by atoms with E-state index in [2.05, 4.69) is 0 Å². The van der Waals surface area contributed by atoms with E-state index in [1.807, 2.05) is 18.2 Å². The van der Waals surface area contributed by atoms with Crippen molar-refractivity contribution in [1.82, 2.24) is 0 Å². The van der Waals surface area contributed by atoms with Gasteiger partial charge in [-0.1, -0.05) is 29.8 Å². The van der Waals surface area contributed by atoms with Gasteiger partial charge in [0.05, 0.1) is 5.56 Å². The minimum atomic E-state index is -1.05. The number of nitrogens with two attached hydrogens (primary N) is 1. The van der Waals surface area contributed by atoms with E-state index in [0.29, 0.717) is 17.4 Å². The van der Waals surface area contributed by atoms with E-state index in [9.17, 15) is 14.3 Å². The van der Waals surface area contributed by atoms with Crippen LogP contribution in [-0.4, -0.2) is 11.1 Å². The molecule has 1 aliphatic carbocycles. The average molecular weight is 438 g/mol. The fourth-order valence-corrected chi connectivity index (χ4v) is 4.07. The van der Waals surface area contributed by atoms with E-state index >= 15 is 0 Å². The third-order valence-electron chi connectivity index (χ3n) is 5.42. The van der Waals surface area contributed by atoms with Gasteiger partial charge in [-0.3, -0.25) is 0 Å². The molecule has 0 radical (unpaired) electrons. The van der Waals surface area contributed by atoms with Crippen molar-refractivity contribution in [2.75, 3.05) is 5.73 Å². The van der Waals surface area contributed by atoms with Crippen LogP contribution >= 0.6 is 11.6 Å². The number of aromatic carboxylic acids is 1. The minimum absolute atomic E-state index is 0.0927. The van der Waals surface area contributed by atoms with Gasteiger partial charge in [0.25, 0.3) is 0 Å². The van der Waals surface area contributed by atoms with E-state index in [-0.39, 0.29) is 17.1 Å². The largest absolute Gasteiger partial charge is 0.488 e. The molecule has 1 aliphatic rings. The lowest BCUT2D eigenvalue weighted by atomic mass is 9.95. The Bertz CT molecular complexity index is 1170. The molecule has 4 rings (SSSR count). The number of hydrogen-bond donors (Lipinski definition) is 2. The molecule has 0 bridgehead atoms. The maximum absolute atomic E-state index is 13.2. The quantitative estimate of drug-likeness (QED) is 0.435. The monoisotopic (exact) mass is 437 g/mol. The van der Waals surface area contributed by atoms with Crippen molar-refractivity contribution in [1.29, 1.82) is 0 Å². The number of carboxylic acids is 1. The van der Waals surface area contributed by atoms with Crippen LogP contribution in [0.4, 0.5) is 10.1 Å². The first-order chi connectivity index (χ1) is 14.9. The molecule has 4 nitrogen and oxygen atoms in total. The topological polar surface area (TPSA) is 72.5 Å². The Morgan fingerprint density at radius 1 is 1.03 bits per heavy atom. The number of rotatable bonds is 6. The number of anilines is 1. The Labute approximate surface area is 184 Å². The fraction of sp³-hybridized carbons (Fsp3) is 0.160. The Hall–Kier alpha value is -3.31. The normalized spacial score (nSPS) is 13.5. The van der Waals surface area contributed by atoms with Crippen LogP contribution in [0.15, 0.2) is 60.7 Å². The highest BCUT2D eigenvalue weighted by atomic mass is 35.5. The first-order valence-corrected chi connectivity index (χ1v) is 10.3. The van der Waals surface area contributed by atoms with Crippen LogP contribution in [0.2, 0.25) is 5.02 Å². The zero-order valence-electron chi connectivity index (χ0n) is 16.7. The lowest BCUT2D eigenvalue weighted by Crippen LogP contribution is -2.03. The van der Waals surface area contributed by atoms with Gasteiger partial charge in [0.15, 0.2) is 0 Å². The number of carboxylic acid groups (broad SMARTS) is 1. The molecule has 0 aromatic heterocycles. The lowest BCUT2D eigenvalue weighted by molar-refractivity contribution is 0.0698. The summed E-state index contributed by atoms with van der Waals surface area (Å²) in [4.78, 5) is 11.5. The highest BCUT2D eigenvalue weighted by molar-refractivity contribution is 6.30. The van der Waals surface area contributed by atoms with Crippen molar-refractivity contribution in [2.45, 2.75) is 25.9 Å². The number of allylic oxidation sites excluding steroid dienone is 2. The Morgan fingerprint density at radius 2 is 1.77 bits per heavy atom. The zero-order chi connectivity index (χ0) is 22.0. The van der Waals surface area contributed by atoms with Gasteiger partial charge >= 0.3 is 5.97 Å². The number of carbonyl (C=O) groups is 1. The summed E-state index contributed by atoms with van der Waals surface area (Å²) in [6.45, 7) is 0.294. The zero-order valence-corrected chi connectivity index (χ0v) is 17.5.